The minimum atomic E-state index is -0.524. The van der Waals surface area contributed by atoms with Crippen molar-refractivity contribution in [2.75, 3.05) is 6.61 Å². The molecule has 4 heteroatoms. The van der Waals surface area contributed by atoms with Crippen LogP contribution in [0.2, 0.25) is 0 Å². The quantitative estimate of drug-likeness (QED) is 0.597. The molecule has 4 nitrogen and oxygen atoms in total. The summed E-state index contributed by atoms with van der Waals surface area (Å²) >= 11 is 0. The van der Waals surface area contributed by atoms with Gasteiger partial charge >= 0.3 is 5.97 Å². The monoisotopic (exact) mass is 236 g/mol. The third-order valence-electron chi connectivity index (χ3n) is 2.65. The average Bonchev–Trinajstić information content (AvgIpc) is 3.09. The van der Waals surface area contributed by atoms with E-state index >= 15 is 0 Å². The van der Waals surface area contributed by atoms with Crippen molar-refractivity contribution < 1.29 is 19.4 Å². The fourth-order valence-corrected chi connectivity index (χ4v) is 1.63. The van der Waals surface area contributed by atoms with Gasteiger partial charge in [0.15, 0.2) is 0 Å². The van der Waals surface area contributed by atoms with Gasteiger partial charge < -0.3 is 14.6 Å². The third kappa shape index (κ3) is 3.84. The van der Waals surface area contributed by atoms with Gasteiger partial charge in [0.05, 0.1) is 6.61 Å². The summed E-state index contributed by atoms with van der Waals surface area (Å²) in [6.45, 7) is -0.0953. The molecule has 1 aliphatic heterocycles. The summed E-state index contributed by atoms with van der Waals surface area (Å²) in [6, 6.07) is 10.0. The Labute approximate surface area is 100 Å². The summed E-state index contributed by atoms with van der Waals surface area (Å²) in [5.41, 5.74) is 1.22. The highest BCUT2D eigenvalue weighted by molar-refractivity contribution is 5.69. The Morgan fingerprint density at radius 3 is 2.76 bits per heavy atom. The number of benzene rings is 1. The van der Waals surface area contributed by atoms with E-state index in [1.54, 1.807) is 0 Å². The Kier molecular flexibility index (Phi) is 4.12. The van der Waals surface area contributed by atoms with Crippen molar-refractivity contribution in [2.24, 2.45) is 0 Å². The van der Waals surface area contributed by atoms with Gasteiger partial charge in [-0.05, 0) is 18.4 Å². The lowest BCUT2D eigenvalue weighted by Gasteiger charge is -2.02. The molecule has 1 aromatic carbocycles. The molecular formula is C13H16O4. The molecule has 0 saturated carbocycles. The first kappa shape index (κ1) is 12.1. The van der Waals surface area contributed by atoms with Gasteiger partial charge in [0.2, 0.25) is 6.29 Å². The number of epoxide rings is 1. The topological polar surface area (TPSA) is 59.1 Å². The Hall–Kier alpha value is -1.39. The maximum Gasteiger partial charge on any atom is 0.308 e. The van der Waals surface area contributed by atoms with Gasteiger partial charge in [-0.1, -0.05) is 30.3 Å². The third-order valence-corrected chi connectivity index (χ3v) is 2.65. The van der Waals surface area contributed by atoms with Crippen LogP contribution in [0.15, 0.2) is 30.3 Å². The van der Waals surface area contributed by atoms with Crippen LogP contribution in [0.1, 0.15) is 18.4 Å². The van der Waals surface area contributed by atoms with Crippen LogP contribution < -0.4 is 0 Å². The molecule has 1 aromatic rings. The Balaban J connectivity index is 1.61. The highest BCUT2D eigenvalue weighted by atomic mass is 16.8. The summed E-state index contributed by atoms with van der Waals surface area (Å²) in [6.07, 6.45) is 1.18. The number of hydrogen-bond donors (Lipinski definition) is 1. The number of hydrogen-bond acceptors (Lipinski definition) is 4. The van der Waals surface area contributed by atoms with E-state index < -0.39 is 6.29 Å². The number of carbonyl (C=O) groups excluding carboxylic acids is 1. The van der Waals surface area contributed by atoms with Gasteiger partial charge in [0.1, 0.15) is 6.10 Å². The first-order valence-electron chi connectivity index (χ1n) is 5.79. The van der Waals surface area contributed by atoms with Gasteiger partial charge in [-0.3, -0.25) is 4.79 Å². The summed E-state index contributed by atoms with van der Waals surface area (Å²) in [5, 5.41) is 8.70. The maximum absolute atomic E-state index is 11.4. The van der Waals surface area contributed by atoms with E-state index in [2.05, 4.69) is 0 Å². The SMILES string of the molecule is O=C(CCCc1ccccc1)OC1OC1CO. The molecule has 1 saturated heterocycles. The summed E-state index contributed by atoms with van der Waals surface area (Å²) in [5.74, 6) is -0.262. The van der Waals surface area contributed by atoms with E-state index in [4.69, 9.17) is 14.6 Å². The number of carbonyl (C=O) groups is 1. The number of aliphatic hydroxyl groups is 1. The lowest BCUT2D eigenvalue weighted by Crippen LogP contribution is -2.10. The molecule has 17 heavy (non-hydrogen) atoms. The van der Waals surface area contributed by atoms with Crippen LogP contribution >= 0.6 is 0 Å². The fourth-order valence-electron chi connectivity index (χ4n) is 1.63. The van der Waals surface area contributed by atoms with E-state index in [1.165, 1.54) is 5.56 Å². The van der Waals surface area contributed by atoms with Gasteiger partial charge in [-0.15, -0.1) is 0 Å². The zero-order valence-electron chi connectivity index (χ0n) is 9.54. The molecule has 1 fully saturated rings. The van der Waals surface area contributed by atoms with Crippen molar-refractivity contribution in [3.63, 3.8) is 0 Å². The summed E-state index contributed by atoms with van der Waals surface area (Å²) < 4.78 is 9.89. The second-order valence-corrected chi connectivity index (χ2v) is 4.05. The Bertz CT molecular complexity index is 363. The number of ether oxygens (including phenoxy) is 2. The van der Waals surface area contributed by atoms with Crippen LogP contribution in [0, 0.1) is 0 Å². The second kappa shape index (κ2) is 5.80. The largest absolute Gasteiger partial charge is 0.433 e. The molecule has 0 spiro atoms. The van der Waals surface area contributed by atoms with E-state index in [0.717, 1.165) is 12.8 Å². The van der Waals surface area contributed by atoms with E-state index in [-0.39, 0.29) is 18.7 Å². The first-order valence-corrected chi connectivity index (χ1v) is 5.79. The van der Waals surface area contributed by atoms with Crippen molar-refractivity contribution in [2.45, 2.75) is 31.7 Å². The number of aryl methyl sites for hydroxylation is 1. The van der Waals surface area contributed by atoms with Gasteiger partial charge in [0.25, 0.3) is 0 Å². The van der Waals surface area contributed by atoms with Gasteiger partial charge in [0, 0.05) is 6.42 Å². The molecule has 1 aliphatic rings. The van der Waals surface area contributed by atoms with Crippen LogP contribution in [0.5, 0.6) is 0 Å². The van der Waals surface area contributed by atoms with Crippen LogP contribution in [-0.4, -0.2) is 30.1 Å². The molecule has 1 N–H and O–H groups in total. The molecule has 2 unspecified atom stereocenters. The number of aliphatic hydroxyl groups excluding tert-OH is 1. The Morgan fingerprint density at radius 2 is 2.12 bits per heavy atom. The van der Waals surface area contributed by atoms with E-state index in [9.17, 15) is 4.79 Å². The average molecular weight is 236 g/mol. The summed E-state index contributed by atoms with van der Waals surface area (Å²) in [7, 11) is 0. The molecule has 0 aromatic heterocycles. The number of rotatable bonds is 6. The predicted molar refractivity (Wildman–Crippen MR) is 61.2 cm³/mol. The lowest BCUT2D eigenvalue weighted by atomic mass is 10.1. The zero-order valence-corrected chi connectivity index (χ0v) is 9.54. The molecule has 92 valence electrons. The van der Waals surface area contributed by atoms with Crippen molar-refractivity contribution in [3.8, 4) is 0 Å². The summed E-state index contributed by atoms with van der Waals surface area (Å²) in [4.78, 5) is 11.4. The molecule has 0 radical (unpaired) electrons. The standard InChI is InChI=1S/C13H16O4/c14-9-11-13(16-11)17-12(15)8-4-7-10-5-2-1-3-6-10/h1-3,5-6,11,13-14H,4,7-9H2. The minimum absolute atomic E-state index is 0.0953. The van der Waals surface area contributed by atoms with E-state index in [1.807, 2.05) is 30.3 Å². The molecule has 2 atom stereocenters. The van der Waals surface area contributed by atoms with Crippen LogP contribution in [0.25, 0.3) is 0 Å². The molecule has 1 heterocycles. The van der Waals surface area contributed by atoms with Crippen LogP contribution in [-0.2, 0) is 20.7 Å². The molecule has 0 aliphatic carbocycles. The molecule has 0 bridgehead atoms. The van der Waals surface area contributed by atoms with Gasteiger partial charge in [-0.25, -0.2) is 0 Å². The first-order chi connectivity index (χ1) is 8.29. The fraction of sp³-hybridized carbons (Fsp3) is 0.462. The van der Waals surface area contributed by atoms with Crippen LogP contribution in [0.3, 0.4) is 0 Å². The predicted octanol–water partition coefficient (Wildman–Crippen LogP) is 1.27. The maximum atomic E-state index is 11.4. The zero-order chi connectivity index (χ0) is 12.1. The van der Waals surface area contributed by atoms with E-state index in [0.29, 0.717) is 6.42 Å². The van der Waals surface area contributed by atoms with Crippen molar-refractivity contribution >= 4 is 5.97 Å². The van der Waals surface area contributed by atoms with Crippen molar-refractivity contribution in [1.29, 1.82) is 0 Å². The minimum Gasteiger partial charge on any atom is -0.433 e. The molecule has 0 amide bonds. The Morgan fingerprint density at radius 1 is 1.35 bits per heavy atom. The number of esters is 1. The second-order valence-electron chi connectivity index (χ2n) is 4.05. The highest BCUT2D eigenvalue weighted by Gasteiger charge is 2.41. The molecule has 2 rings (SSSR count). The highest BCUT2D eigenvalue weighted by Crippen LogP contribution is 2.23. The van der Waals surface area contributed by atoms with Gasteiger partial charge in [-0.2, -0.15) is 0 Å². The van der Waals surface area contributed by atoms with Crippen LogP contribution in [0.4, 0.5) is 0 Å². The molecular weight excluding hydrogens is 220 g/mol. The smallest absolute Gasteiger partial charge is 0.308 e. The van der Waals surface area contributed by atoms with Crippen molar-refractivity contribution in [3.05, 3.63) is 35.9 Å². The lowest BCUT2D eigenvalue weighted by molar-refractivity contribution is -0.148. The van der Waals surface area contributed by atoms with Crippen molar-refractivity contribution in [1.82, 2.24) is 0 Å². The normalized spacial score (nSPS) is 22.2.